The molecule has 8 heteroatoms. The third-order valence-electron chi connectivity index (χ3n) is 4.08. The lowest BCUT2D eigenvalue weighted by molar-refractivity contribution is -0.118. The summed E-state index contributed by atoms with van der Waals surface area (Å²) in [6.45, 7) is 2.76. The third-order valence-corrected chi connectivity index (χ3v) is 5.35. The highest BCUT2D eigenvalue weighted by molar-refractivity contribution is 7.99. The largest absolute Gasteiger partial charge is 0.351 e. The van der Waals surface area contributed by atoms with E-state index in [2.05, 4.69) is 10.3 Å². The van der Waals surface area contributed by atoms with E-state index in [9.17, 15) is 14.0 Å². The SMILES string of the molecule is CCCn1c(SCC(=O)NCc2ccc(F)c(Cl)c2)nc2ccccc2c1=O. The molecule has 0 radical (unpaired) electrons. The van der Waals surface area contributed by atoms with Crippen LogP contribution in [-0.2, 0) is 17.9 Å². The Kier molecular flexibility index (Phi) is 6.70. The Hall–Kier alpha value is -2.38. The number of halogens is 2. The molecular formula is C20H19ClFN3O2S. The standard InChI is InChI=1S/C20H19ClFN3O2S/c1-2-9-25-19(27)14-5-3-4-6-17(14)24-20(25)28-12-18(26)23-11-13-7-8-16(22)15(21)10-13/h3-8,10H,2,9,11-12H2,1H3,(H,23,26). The Morgan fingerprint density at radius 3 is 2.82 bits per heavy atom. The summed E-state index contributed by atoms with van der Waals surface area (Å²) in [5.74, 6) is -0.594. The number of nitrogens with zero attached hydrogens (tertiary/aromatic N) is 2. The van der Waals surface area contributed by atoms with E-state index in [1.807, 2.05) is 19.1 Å². The first kappa shape index (κ1) is 20.4. The lowest BCUT2D eigenvalue weighted by atomic mass is 10.2. The van der Waals surface area contributed by atoms with Gasteiger partial charge in [-0.15, -0.1) is 0 Å². The summed E-state index contributed by atoms with van der Waals surface area (Å²) < 4.78 is 14.8. The van der Waals surface area contributed by atoms with Gasteiger partial charge in [-0.1, -0.05) is 48.5 Å². The third kappa shape index (κ3) is 4.72. The molecule has 28 heavy (non-hydrogen) atoms. The van der Waals surface area contributed by atoms with E-state index in [0.717, 1.165) is 6.42 Å². The maximum Gasteiger partial charge on any atom is 0.262 e. The molecule has 0 spiro atoms. The molecule has 3 aromatic rings. The van der Waals surface area contributed by atoms with Crippen LogP contribution in [0.5, 0.6) is 0 Å². The molecule has 0 fully saturated rings. The second kappa shape index (κ2) is 9.21. The zero-order valence-corrected chi connectivity index (χ0v) is 16.8. The van der Waals surface area contributed by atoms with Crippen LogP contribution < -0.4 is 10.9 Å². The van der Waals surface area contributed by atoms with Crippen LogP contribution >= 0.6 is 23.4 Å². The number of hydrogen-bond acceptors (Lipinski definition) is 4. The molecule has 2 aromatic carbocycles. The Balaban J connectivity index is 1.70. The first-order valence-electron chi connectivity index (χ1n) is 8.82. The van der Waals surface area contributed by atoms with Gasteiger partial charge in [0, 0.05) is 13.1 Å². The van der Waals surface area contributed by atoms with Crippen molar-refractivity contribution in [2.24, 2.45) is 0 Å². The van der Waals surface area contributed by atoms with Gasteiger partial charge in [-0.2, -0.15) is 0 Å². The van der Waals surface area contributed by atoms with Crippen LogP contribution in [0.15, 0.2) is 52.4 Å². The fourth-order valence-corrected chi connectivity index (χ4v) is 3.77. The number of carbonyl (C=O) groups is 1. The number of thioether (sulfide) groups is 1. The first-order chi connectivity index (χ1) is 13.5. The number of para-hydroxylation sites is 1. The molecule has 0 aliphatic rings. The summed E-state index contributed by atoms with van der Waals surface area (Å²) in [7, 11) is 0. The molecule has 146 valence electrons. The molecule has 1 amide bonds. The second-order valence-corrected chi connectivity index (χ2v) is 7.53. The molecule has 0 aliphatic heterocycles. The van der Waals surface area contributed by atoms with Crippen LogP contribution in [-0.4, -0.2) is 21.2 Å². The van der Waals surface area contributed by atoms with Gasteiger partial charge in [0.05, 0.1) is 21.7 Å². The van der Waals surface area contributed by atoms with Crippen LogP contribution in [0.4, 0.5) is 4.39 Å². The number of hydrogen-bond donors (Lipinski definition) is 1. The van der Waals surface area contributed by atoms with E-state index >= 15 is 0 Å². The summed E-state index contributed by atoms with van der Waals surface area (Å²) in [6, 6.07) is 11.5. The van der Waals surface area contributed by atoms with Crippen molar-refractivity contribution in [3.8, 4) is 0 Å². The van der Waals surface area contributed by atoms with Crippen molar-refractivity contribution < 1.29 is 9.18 Å². The van der Waals surface area contributed by atoms with E-state index in [0.29, 0.717) is 28.2 Å². The molecular weight excluding hydrogens is 401 g/mol. The minimum atomic E-state index is -0.497. The lowest BCUT2D eigenvalue weighted by Crippen LogP contribution is -2.26. The van der Waals surface area contributed by atoms with E-state index in [-0.39, 0.29) is 28.8 Å². The summed E-state index contributed by atoms with van der Waals surface area (Å²) >= 11 is 6.97. The van der Waals surface area contributed by atoms with Crippen LogP contribution in [0.25, 0.3) is 10.9 Å². The Morgan fingerprint density at radius 1 is 1.29 bits per heavy atom. The average Bonchev–Trinajstić information content (AvgIpc) is 2.70. The number of amides is 1. The second-order valence-electron chi connectivity index (χ2n) is 6.18. The molecule has 3 rings (SSSR count). The van der Waals surface area contributed by atoms with Gasteiger partial charge >= 0.3 is 0 Å². The van der Waals surface area contributed by atoms with Gasteiger partial charge in [-0.05, 0) is 36.2 Å². The molecule has 0 atom stereocenters. The van der Waals surface area contributed by atoms with Gasteiger partial charge in [0.25, 0.3) is 5.56 Å². The number of carbonyl (C=O) groups excluding carboxylic acids is 1. The Morgan fingerprint density at radius 2 is 2.07 bits per heavy atom. The highest BCUT2D eigenvalue weighted by Crippen LogP contribution is 2.19. The predicted molar refractivity (Wildman–Crippen MR) is 110 cm³/mol. The molecule has 1 aromatic heterocycles. The van der Waals surface area contributed by atoms with Gasteiger partial charge in [0.2, 0.25) is 5.91 Å². The van der Waals surface area contributed by atoms with Crippen LogP contribution in [0.3, 0.4) is 0 Å². The number of rotatable bonds is 7. The van der Waals surface area contributed by atoms with Crippen molar-refractivity contribution in [1.82, 2.24) is 14.9 Å². The molecule has 1 heterocycles. The van der Waals surface area contributed by atoms with E-state index < -0.39 is 5.82 Å². The normalized spacial score (nSPS) is 11.0. The van der Waals surface area contributed by atoms with Crippen LogP contribution in [0, 0.1) is 5.82 Å². The van der Waals surface area contributed by atoms with Gasteiger partial charge in [0.15, 0.2) is 5.16 Å². The summed E-state index contributed by atoms with van der Waals surface area (Å²) in [6.07, 6.45) is 0.783. The lowest BCUT2D eigenvalue weighted by Gasteiger charge is -2.12. The molecule has 1 N–H and O–H groups in total. The Labute approximate surface area is 170 Å². The first-order valence-corrected chi connectivity index (χ1v) is 10.2. The average molecular weight is 420 g/mol. The van der Waals surface area contributed by atoms with Gasteiger partial charge < -0.3 is 5.32 Å². The van der Waals surface area contributed by atoms with Crippen molar-refractivity contribution >= 4 is 40.2 Å². The number of aromatic nitrogens is 2. The fourth-order valence-electron chi connectivity index (χ4n) is 2.71. The fraction of sp³-hybridized carbons (Fsp3) is 0.250. The van der Waals surface area contributed by atoms with Crippen LogP contribution in [0.1, 0.15) is 18.9 Å². The summed E-state index contributed by atoms with van der Waals surface area (Å²) in [4.78, 5) is 29.5. The van der Waals surface area contributed by atoms with Crippen molar-refractivity contribution in [3.63, 3.8) is 0 Å². The molecule has 0 saturated carbocycles. The highest BCUT2D eigenvalue weighted by atomic mass is 35.5. The number of nitrogens with one attached hydrogen (secondary N) is 1. The molecule has 0 bridgehead atoms. The predicted octanol–water partition coefficient (Wildman–Crippen LogP) is 4.01. The molecule has 0 saturated heterocycles. The van der Waals surface area contributed by atoms with Crippen molar-refractivity contribution in [3.05, 3.63) is 69.2 Å². The topological polar surface area (TPSA) is 64.0 Å². The summed E-state index contributed by atoms with van der Waals surface area (Å²) in [5, 5.41) is 3.87. The van der Waals surface area contributed by atoms with Gasteiger partial charge in [-0.3, -0.25) is 14.2 Å². The summed E-state index contributed by atoms with van der Waals surface area (Å²) in [5.41, 5.74) is 1.22. The molecule has 0 unspecified atom stereocenters. The van der Waals surface area contributed by atoms with Crippen molar-refractivity contribution in [2.75, 3.05) is 5.75 Å². The number of benzene rings is 2. The quantitative estimate of drug-likeness (QED) is 0.464. The van der Waals surface area contributed by atoms with Gasteiger partial charge in [0.1, 0.15) is 5.82 Å². The van der Waals surface area contributed by atoms with Gasteiger partial charge in [-0.25, -0.2) is 9.37 Å². The van der Waals surface area contributed by atoms with E-state index in [4.69, 9.17) is 11.6 Å². The molecule has 0 aliphatic carbocycles. The maximum atomic E-state index is 13.2. The highest BCUT2D eigenvalue weighted by Gasteiger charge is 2.13. The maximum absolute atomic E-state index is 13.2. The van der Waals surface area contributed by atoms with Crippen LogP contribution in [0.2, 0.25) is 5.02 Å². The smallest absolute Gasteiger partial charge is 0.262 e. The molecule has 5 nitrogen and oxygen atoms in total. The zero-order chi connectivity index (χ0) is 20.1. The van der Waals surface area contributed by atoms with E-state index in [1.165, 1.54) is 23.9 Å². The number of fused-ring (bicyclic) bond motifs is 1. The zero-order valence-electron chi connectivity index (χ0n) is 15.2. The van der Waals surface area contributed by atoms with Crippen molar-refractivity contribution in [1.29, 1.82) is 0 Å². The van der Waals surface area contributed by atoms with Crippen molar-refractivity contribution in [2.45, 2.75) is 31.6 Å². The monoisotopic (exact) mass is 419 g/mol. The minimum Gasteiger partial charge on any atom is -0.351 e. The minimum absolute atomic E-state index is 0.0186. The van der Waals surface area contributed by atoms with E-state index in [1.54, 1.807) is 22.8 Å². The Bertz CT molecular complexity index is 1070.